The van der Waals surface area contributed by atoms with E-state index in [4.69, 9.17) is 5.73 Å². The van der Waals surface area contributed by atoms with E-state index in [2.05, 4.69) is 0 Å². The highest BCUT2D eigenvalue weighted by atomic mass is 19.1. The van der Waals surface area contributed by atoms with Gasteiger partial charge in [0.2, 0.25) is 0 Å². The molecule has 0 aliphatic carbocycles. The highest BCUT2D eigenvalue weighted by Gasteiger charge is 2.18. The molecule has 14 heavy (non-hydrogen) atoms. The Morgan fingerprint density at radius 2 is 2.21 bits per heavy atom. The average molecular weight is 197 g/mol. The Kier molecular flexibility index (Phi) is 4.04. The van der Waals surface area contributed by atoms with Crippen LogP contribution in [0.3, 0.4) is 0 Å². The number of benzene rings is 1. The van der Waals surface area contributed by atoms with Crippen molar-refractivity contribution in [3.8, 4) is 0 Å². The second-order valence-electron chi connectivity index (χ2n) is 3.37. The molecule has 1 aromatic carbocycles. The SMILES string of the molecule is CCC(O)C(CN)c1cccc(F)c1. The molecule has 0 aliphatic rings. The predicted octanol–water partition coefficient (Wildman–Crippen LogP) is 1.64. The smallest absolute Gasteiger partial charge is 0.123 e. The number of hydrogen-bond acceptors (Lipinski definition) is 2. The molecule has 0 aromatic heterocycles. The Bertz CT molecular complexity index is 290. The minimum atomic E-state index is -0.498. The minimum absolute atomic E-state index is 0.171. The molecule has 78 valence electrons. The fourth-order valence-corrected chi connectivity index (χ4v) is 1.54. The minimum Gasteiger partial charge on any atom is -0.392 e. The van der Waals surface area contributed by atoms with Gasteiger partial charge in [0.25, 0.3) is 0 Å². The summed E-state index contributed by atoms with van der Waals surface area (Å²) in [4.78, 5) is 0. The maximum Gasteiger partial charge on any atom is 0.123 e. The Labute approximate surface area is 83.6 Å². The number of aliphatic hydroxyl groups excluding tert-OH is 1. The van der Waals surface area contributed by atoms with Gasteiger partial charge < -0.3 is 10.8 Å². The van der Waals surface area contributed by atoms with Crippen LogP contribution in [0.25, 0.3) is 0 Å². The summed E-state index contributed by atoms with van der Waals surface area (Å²) in [6.45, 7) is 2.21. The van der Waals surface area contributed by atoms with E-state index in [1.807, 2.05) is 6.92 Å². The molecule has 2 nitrogen and oxygen atoms in total. The summed E-state index contributed by atoms with van der Waals surface area (Å²) in [6, 6.07) is 6.24. The van der Waals surface area contributed by atoms with Crippen molar-refractivity contribution in [1.82, 2.24) is 0 Å². The van der Waals surface area contributed by atoms with Crippen molar-refractivity contribution in [2.75, 3.05) is 6.54 Å². The zero-order valence-electron chi connectivity index (χ0n) is 8.28. The molecule has 2 unspecified atom stereocenters. The van der Waals surface area contributed by atoms with E-state index in [1.54, 1.807) is 12.1 Å². The van der Waals surface area contributed by atoms with Gasteiger partial charge in [0, 0.05) is 12.5 Å². The van der Waals surface area contributed by atoms with Gasteiger partial charge in [-0.25, -0.2) is 4.39 Å². The first kappa shape index (κ1) is 11.1. The molecule has 3 N–H and O–H groups in total. The summed E-state index contributed by atoms with van der Waals surface area (Å²) in [5, 5.41) is 9.66. The van der Waals surface area contributed by atoms with Gasteiger partial charge in [-0.1, -0.05) is 19.1 Å². The summed E-state index contributed by atoms with van der Waals surface area (Å²) in [7, 11) is 0. The molecule has 0 heterocycles. The Morgan fingerprint density at radius 1 is 1.50 bits per heavy atom. The van der Waals surface area contributed by atoms with E-state index < -0.39 is 6.10 Å². The maximum absolute atomic E-state index is 12.9. The molecule has 0 saturated carbocycles. The highest BCUT2D eigenvalue weighted by Crippen LogP contribution is 2.21. The molecule has 0 radical (unpaired) electrons. The van der Waals surface area contributed by atoms with Crippen LogP contribution in [-0.4, -0.2) is 17.8 Å². The monoisotopic (exact) mass is 197 g/mol. The molecule has 1 aromatic rings. The number of hydrogen-bond donors (Lipinski definition) is 2. The van der Waals surface area contributed by atoms with Crippen LogP contribution in [0.5, 0.6) is 0 Å². The molecule has 0 bridgehead atoms. The van der Waals surface area contributed by atoms with Crippen LogP contribution >= 0.6 is 0 Å². The van der Waals surface area contributed by atoms with Crippen LogP contribution in [0, 0.1) is 5.82 Å². The summed E-state index contributed by atoms with van der Waals surface area (Å²) >= 11 is 0. The third-order valence-electron chi connectivity index (χ3n) is 2.41. The number of halogens is 1. The van der Waals surface area contributed by atoms with Crippen LogP contribution < -0.4 is 5.73 Å². The first-order chi connectivity index (χ1) is 6.69. The quantitative estimate of drug-likeness (QED) is 0.770. The number of rotatable bonds is 4. The average Bonchev–Trinajstić information content (AvgIpc) is 2.19. The first-order valence-electron chi connectivity index (χ1n) is 4.82. The molecule has 1 rings (SSSR count). The van der Waals surface area contributed by atoms with Gasteiger partial charge in [-0.15, -0.1) is 0 Å². The molecular formula is C11H16FNO. The van der Waals surface area contributed by atoms with Gasteiger partial charge in [0.15, 0.2) is 0 Å². The van der Waals surface area contributed by atoms with Crippen molar-refractivity contribution >= 4 is 0 Å². The normalized spacial score (nSPS) is 15.1. The van der Waals surface area contributed by atoms with E-state index in [0.717, 1.165) is 5.56 Å². The van der Waals surface area contributed by atoms with Gasteiger partial charge in [-0.05, 0) is 24.1 Å². The van der Waals surface area contributed by atoms with Crippen LogP contribution in [0.1, 0.15) is 24.8 Å². The molecule has 0 amide bonds. The lowest BCUT2D eigenvalue weighted by Crippen LogP contribution is -2.25. The van der Waals surface area contributed by atoms with Crippen LogP contribution in [0.4, 0.5) is 4.39 Å². The Morgan fingerprint density at radius 3 is 2.71 bits per heavy atom. The summed E-state index contributed by atoms with van der Waals surface area (Å²) in [6.07, 6.45) is 0.125. The van der Waals surface area contributed by atoms with Crippen molar-refractivity contribution in [2.45, 2.75) is 25.4 Å². The maximum atomic E-state index is 12.9. The van der Waals surface area contributed by atoms with Crippen LogP contribution in [0.15, 0.2) is 24.3 Å². The lowest BCUT2D eigenvalue weighted by molar-refractivity contribution is 0.141. The Balaban J connectivity index is 2.89. The first-order valence-corrected chi connectivity index (χ1v) is 4.82. The van der Waals surface area contributed by atoms with Gasteiger partial charge >= 0.3 is 0 Å². The molecule has 0 saturated heterocycles. The molecular weight excluding hydrogens is 181 g/mol. The number of nitrogens with two attached hydrogens (primary N) is 1. The van der Waals surface area contributed by atoms with Crippen molar-refractivity contribution in [2.24, 2.45) is 5.73 Å². The van der Waals surface area contributed by atoms with E-state index in [0.29, 0.717) is 13.0 Å². The van der Waals surface area contributed by atoms with E-state index >= 15 is 0 Å². The lowest BCUT2D eigenvalue weighted by atomic mass is 9.92. The van der Waals surface area contributed by atoms with Crippen molar-refractivity contribution < 1.29 is 9.50 Å². The second-order valence-corrected chi connectivity index (χ2v) is 3.37. The summed E-state index contributed by atoms with van der Waals surface area (Å²) < 4.78 is 12.9. The second kappa shape index (κ2) is 5.08. The van der Waals surface area contributed by atoms with Gasteiger partial charge in [0.1, 0.15) is 5.82 Å². The van der Waals surface area contributed by atoms with Crippen molar-refractivity contribution in [1.29, 1.82) is 0 Å². The summed E-state index contributed by atoms with van der Waals surface area (Å²) in [5.74, 6) is -0.458. The topological polar surface area (TPSA) is 46.2 Å². The zero-order valence-corrected chi connectivity index (χ0v) is 8.28. The fourth-order valence-electron chi connectivity index (χ4n) is 1.54. The Hall–Kier alpha value is -0.930. The summed E-state index contributed by atoms with van der Waals surface area (Å²) in [5.41, 5.74) is 6.31. The molecule has 0 spiro atoms. The van der Waals surface area contributed by atoms with Gasteiger partial charge in [-0.3, -0.25) is 0 Å². The third-order valence-corrected chi connectivity index (χ3v) is 2.41. The van der Waals surface area contributed by atoms with Gasteiger partial charge in [0.05, 0.1) is 6.10 Å². The van der Waals surface area contributed by atoms with Crippen molar-refractivity contribution in [3.63, 3.8) is 0 Å². The highest BCUT2D eigenvalue weighted by molar-refractivity contribution is 5.22. The third kappa shape index (κ3) is 2.53. The van der Waals surface area contributed by atoms with Crippen LogP contribution in [0.2, 0.25) is 0 Å². The largest absolute Gasteiger partial charge is 0.392 e. The van der Waals surface area contributed by atoms with Gasteiger partial charge in [-0.2, -0.15) is 0 Å². The van der Waals surface area contributed by atoms with E-state index in [1.165, 1.54) is 12.1 Å². The van der Waals surface area contributed by atoms with E-state index in [-0.39, 0.29) is 11.7 Å². The van der Waals surface area contributed by atoms with Crippen molar-refractivity contribution in [3.05, 3.63) is 35.6 Å². The molecule has 2 atom stereocenters. The fraction of sp³-hybridized carbons (Fsp3) is 0.455. The standard InChI is InChI=1S/C11H16FNO/c1-2-11(14)10(7-13)8-4-3-5-9(12)6-8/h3-6,10-11,14H,2,7,13H2,1H3. The number of aliphatic hydroxyl groups is 1. The lowest BCUT2D eigenvalue weighted by Gasteiger charge is -2.20. The molecule has 0 fully saturated rings. The van der Waals surface area contributed by atoms with E-state index in [9.17, 15) is 9.50 Å². The van der Waals surface area contributed by atoms with Crippen LogP contribution in [-0.2, 0) is 0 Å². The molecule has 0 aliphatic heterocycles. The zero-order chi connectivity index (χ0) is 10.6. The predicted molar refractivity (Wildman–Crippen MR) is 54.5 cm³/mol. The molecule has 3 heteroatoms.